The Bertz CT molecular complexity index is 530. The van der Waals surface area contributed by atoms with Gasteiger partial charge in [0.1, 0.15) is 0 Å². The van der Waals surface area contributed by atoms with E-state index in [0.717, 1.165) is 25.6 Å². The molecule has 1 fully saturated rings. The summed E-state index contributed by atoms with van der Waals surface area (Å²) in [5, 5.41) is 6.70. The third-order valence-electron chi connectivity index (χ3n) is 4.78. The fourth-order valence-electron chi connectivity index (χ4n) is 3.08. The van der Waals surface area contributed by atoms with Crippen LogP contribution in [-0.4, -0.2) is 61.6 Å². The molecular formula is C21H37N5. The second-order valence-corrected chi connectivity index (χ2v) is 7.50. The average Bonchev–Trinajstić information content (AvgIpc) is 2.65. The third-order valence-corrected chi connectivity index (χ3v) is 4.78. The van der Waals surface area contributed by atoms with Gasteiger partial charge < -0.3 is 15.5 Å². The maximum atomic E-state index is 4.70. The highest BCUT2D eigenvalue weighted by atomic mass is 15.3. The summed E-state index contributed by atoms with van der Waals surface area (Å²) in [5.41, 5.74) is 2.65. The van der Waals surface area contributed by atoms with E-state index >= 15 is 0 Å². The van der Waals surface area contributed by atoms with Crippen molar-refractivity contribution in [2.45, 2.75) is 40.8 Å². The molecule has 1 aromatic rings. The smallest absolute Gasteiger partial charge is 0.191 e. The third kappa shape index (κ3) is 7.34. The lowest BCUT2D eigenvalue weighted by molar-refractivity contribution is 0.132. The second kappa shape index (κ2) is 11.2. The van der Waals surface area contributed by atoms with Gasteiger partial charge in [0.05, 0.1) is 6.54 Å². The van der Waals surface area contributed by atoms with Crippen LogP contribution in [0, 0.1) is 5.92 Å². The van der Waals surface area contributed by atoms with Crippen LogP contribution in [0.3, 0.4) is 0 Å². The maximum absolute atomic E-state index is 4.70. The fraction of sp³-hybridized carbons (Fsp3) is 0.667. The molecule has 2 rings (SSSR count). The molecule has 0 saturated carbocycles. The standard InChI is InChI=1S/C21H37N5/c1-5-22-21(23-15-18(3)4)24-16-19-7-9-20(10-8-19)17-26-13-11-25(6-2)12-14-26/h7-10,18H,5-6,11-17H2,1-4H3,(H2,22,23,24). The number of guanidine groups is 1. The van der Waals surface area contributed by atoms with E-state index < -0.39 is 0 Å². The van der Waals surface area contributed by atoms with Gasteiger partial charge in [0.2, 0.25) is 0 Å². The minimum atomic E-state index is 0.609. The minimum absolute atomic E-state index is 0.609. The molecule has 1 saturated heterocycles. The molecule has 1 aromatic carbocycles. The van der Waals surface area contributed by atoms with Gasteiger partial charge in [0.25, 0.3) is 0 Å². The van der Waals surface area contributed by atoms with Crippen molar-refractivity contribution in [1.29, 1.82) is 0 Å². The highest BCUT2D eigenvalue weighted by molar-refractivity contribution is 5.79. The SMILES string of the molecule is CCNC(=NCc1ccc(CN2CCN(CC)CC2)cc1)NCC(C)C. The van der Waals surface area contributed by atoms with Crippen LogP contribution in [0.5, 0.6) is 0 Å². The average molecular weight is 360 g/mol. The minimum Gasteiger partial charge on any atom is -0.357 e. The zero-order valence-corrected chi connectivity index (χ0v) is 17.1. The Kier molecular flexibility index (Phi) is 8.92. The molecule has 26 heavy (non-hydrogen) atoms. The van der Waals surface area contributed by atoms with E-state index in [1.165, 1.54) is 43.9 Å². The lowest BCUT2D eigenvalue weighted by Gasteiger charge is -2.34. The normalized spacial score (nSPS) is 16.9. The maximum Gasteiger partial charge on any atom is 0.191 e. The summed E-state index contributed by atoms with van der Waals surface area (Å²) in [5.74, 6) is 1.51. The van der Waals surface area contributed by atoms with Crippen molar-refractivity contribution in [2.75, 3.05) is 45.8 Å². The summed E-state index contributed by atoms with van der Waals surface area (Å²) in [4.78, 5) is 9.77. The number of hydrogen-bond acceptors (Lipinski definition) is 3. The summed E-state index contributed by atoms with van der Waals surface area (Å²) in [6.45, 7) is 18.3. The van der Waals surface area contributed by atoms with Crippen molar-refractivity contribution in [1.82, 2.24) is 20.4 Å². The fourth-order valence-corrected chi connectivity index (χ4v) is 3.08. The van der Waals surface area contributed by atoms with Crippen molar-refractivity contribution >= 4 is 5.96 Å². The number of hydrogen-bond donors (Lipinski definition) is 2. The lowest BCUT2D eigenvalue weighted by atomic mass is 10.1. The molecular weight excluding hydrogens is 322 g/mol. The molecule has 0 aromatic heterocycles. The van der Waals surface area contributed by atoms with Crippen molar-refractivity contribution in [3.63, 3.8) is 0 Å². The van der Waals surface area contributed by atoms with Crippen molar-refractivity contribution < 1.29 is 0 Å². The first kappa shape index (κ1) is 20.7. The van der Waals surface area contributed by atoms with Gasteiger partial charge in [-0.3, -0.25) is 4.90 Å². The second-order valence-electron chi connectivity index (χ2n) is 7.50. The predicted molar refractivity (Wildman–Crippen MR) is 111 cm³/mol. The van der Waals surface area contributed by atoms with Gasteiger partial charge in [0, 0.05) is 45.8 Å². The van der Waals surface area contributed by atoms with Gasteiger partial charge in [-0.25, -0.2) is 4.99 Å². The Morgan fingerprint density at radius 2 is 1.58 bits per heavy atom. The monoisotopic (exact) mass is 359 g/mol. The van der Waals surface area contributed by atoms with Gasteiger partial charge in [-0.1, -0.05) is 45.0 Å². The molecule has 1 aliphatic rings. The van der Waals surface area contributed by atoms with Crippen LogP contribution >= 0.6 is 0 Å². The largest absolute Gasteiger partial charge is 0.357 e. The number of nitrogens with one attached hydrogen (secondary N) is 2. The molecule has 5 heteroatoms. The van der Waals surface area contributed by atoms with Gasteiger partial charge in [-0.05, 0) is 30.5 Å². The zero-order chi connectivity index (χ0) is 18.8. The first-order valence-corrected chi connectivity index (χ1v) is 10.1. The number of likely N-dealkylation sites (N-methyl/N-ethyl adjacent to an activating group) is 1. The van der Waals surface area contributed by atoms with E-state index in [2.05, 4.69) is 72.4 Å². The van der Waals surface area contributed by atoms with Gasteiger partial charge in [-0.2, -0.15) is 0 Å². The van der Waals surface area contributed by atoms with Gasteiger partial charge in [0.15, 0.2) is 5.96 Å². The Balaban J connectivity index is 1.83. The van der Waals surface area contributed by atoms with Crippen molar-refractivity contribution in [2.24, 2.45) is 10.9 Å². The molecule has 0 aliphatic carbocycles. The molecule has 0 amide bonds. The Hall–Kier alpha value is -1.59. The Labute approximate surface area is 159 Å². The van der Waals surface area contributed by atoms with E-state index in [4.69, 9.17) is 4.99 Å². The van der Waals surface area contributed by atoms with E-state index in [-0.39, 0.29) is 0 Å². The number of piperazine rings is 1. The van der Waals surface area contributed by atoms with E-state index in [1.54, 1.807) is 0 Å². The highest BCUT2D eigenvalue weighted by Crippen LogP contribution is 2.11. The van der Waals surface area contributed by atoms with Crippen LogP contribution in [0.1, 0.15) is 38.8 Å². The number of aliphatic imine (C=N–C) groups is 1. The molecule has 2 N–H and O–H groups in total. The van der Waals surface area contributed by atoms with E-state index in [1.807, 2.05) is 0 Å². The molecule has 0 spiro atoms. The molecule has 0 atom stereocenters. The summed E-state index contributed by atoms with van der Waals surface area (Å²) in [6, 6.07) is 8.94. The van der Waals surface area contributed by atoms with Gasteiger partial charge in [-0.15, -0.1) is 0 Å². The first-order valence-electron chi connectivity index (χ1n) is 10.1. The molecule has 5 nitrogen and oxygen atoms in total. The molecule has 0 bridgehead atoms. The highest BCUT2D eigenvalue weighted by Gasteiger charge is 2.15. The first-order chi connectivity index (χ1) is 12.6. The predicted octanol–water partition coefficient (Wildman–Crippen LogP) is 2.54. The number of nitrogens with zero attached hydrogens (tertiary/aromatic N) is 3. The topological polar surface area (TPSA) is 42.9 Å². The molecule has 1 heterocycles. The zero-order valence-electron chi connectivity index (χ0n) is 17.1. The van der Waals surface area contributed by atoms with Crippen LogP contribution in [0.15, 0.2) is 29.3 Å². The Morgan fingerprint density at radius 1 is 0.962 bits per heavy atom. The summed E-state index contributed by atoms with van der Waals surface area (Å²) in [7, 11) is 0. The molecule has 146 valence electrons. The number of rotatable bonds is 8. The Morgan fingerprint density at radius 3 is 2.15 bits per heavy atom. The summed E-state index contributed by atoms with van der Waals surface area (Å²) >= 11 is 0. The molecule has 0 radical (unpaired) electrons. The van der Waals surface area contributed by atoms with Crippen molar-refractivity contribution in [3.05, 3.63) is 35.4 Å². The van der Waals surface area contributed by atoms with E-state index in [0.29, 0.717) is 12.5 Å². The summed E-state index contributed by atoms with van der Waals surface area (Å²) in [6.07, 6.45) is 0. The van der Waals surface area contributed by atoms with Crippen LogP contribution in [-0.2, 0) is 13.1 Å². The quantitative estimate of drug-likeness (QED) is 0.553. The molecule has 1 aliphatic heterocycles. The van der Waals surface area contributed by atoms with Crippen LogP contribution in [0.4, 0.5) is 0 Å². The van der Waals surface area contributed by atoms with E-state index in [9.17, 15) is 0 Å². The van der Waals surface area contributed by atoms with Crippen LogP contribution in [0.2, 0.25) is 0 Å². The van der Waals surface area contributed by atoms with Crippen LogP contribution < -0.4 is 10.6 Å². The lowest BCUT2D eigenvalue weighted by Crippen LogP contribution is -2.45. The van der Waals surface area contributed by atoms with Gasteiger partial charge >= 0.3 is 0 Å². The molecule has 0 unspecified atom stereocenters. The van der Waals surface area contributed by atoms with Crippen molar-refractivity contribution in [3.8, 4) is 0 Å². The van der Waals surface area contributed by atoms with Crippen LogP contribution in [0.25, 0.3) is 0 Å². The summed E-state index contributed by atoms with van der Waals surface area (Å²) < 4.78 is 0. The number of benzene rings is 1.